The van der Waals surface area contributed by atoms with E-state index in [1.807, 2.05) is 0 Å². The number of nitrogens with zero attached hydrogens (tertiary/aromatic N) is 2. The molecule has 0 saturated heterocycles. The number of aromatic nitrogens is 2. The summed E-state index contributed by atoms with van der Waals surface area (Å²) in [5, 5.41) is 6.64. The SMILES string of the molecule is O=C(NCc1cn(-c2ccc(C(F)(F)F)cc2)nc1Cl)C1CCCC1S(=O)c1ccc(F)cc1. The van der Waals surface area contributed by atoms with Gasteiger partial charge in [-0.05, 0) is 61.4 Å². The van der Waals surface area contributed by atoms with Gasteiger partial charge < -0.3 is 5.32 Å². The van der Waals surface area contributed by atoms with Gasteiger partial charge in [0.1, 0.15) is 5.82 Å². The Kier molecular flexibility index (Phi) is 7.09. The van der Waals surface area contributed by atoms with E-state index in [1.165, 1.54) is 47.3 Å². The van der Waals surface area contributed by atoms with Crippen molar-refractivity contribution in [3.8, 4) is 5.69 Å². The summed E-state index contributed by atoms with van der Waals surface area (Å²) in [5.41, 5.74) is 0.105. The average Bonchev–Trinajstić information content (AvgIpc) is 3.44. The van der Waals surface area contributed by atoms with E-state index in [4.69, 9.17) is 11.6 Å². The minimum Gasteiger partial charge on any atom is -0.352 e. The van der Waals surface area contributed by atoms with E-state index in [9.17, 15) is 26.6 Å². The van der Waals surface area contributed by atoms with E-state index in [0.717, 1.165) is 18.6 Å². The van der Waals surface area contributed by atoms with Crippen molar-refractivity contribution in [2.45, 2.75) is 42.1 Å². The van der Waals surface area contributed by atoms with Crippen LogP contribution in [0.25, 0.3) is 5.69 Å². The Morgan fingerprint density at radius 3 is 2.44 bits per heavy atom. The molecule has 3 aromatic rings. The summed E-state index contributed by atoms with van der Waals surface area (Å²) in [6, 6.07) is 9.88. The second-order valence-electron chi connectivity index (χ2n) is 7.98. The van der Waals surface area contributed by atoms with Crippen LogP contribution in [0.15, 0.2) is 59.6 Å². The number of hydrogen-bond donors (Lipinski definition) is 1. The predicted octanol–water partition coefficient (Wildman–Crippen LogP) is 5.28. The van der Waals surface area contributed by atoms with Crippen molar-refractivity contribution in [3.05, 3.63) is 76.8 Å². The predicted molar refractivity (Wildman–Crippen MR) is 119 cm³/mol. The highest BCUT2D eigenvalue weighted by atomic mass is 35.5. The average molecular weight is 514 g/mol. The smallest absolute Gasteiger partial charge is 0.352 e. The number of carbonyl (C=O) groups excluding carboxylic acids is 1. The van der Waals surface area contributed by atoms with Gasteiger partial charge in [0.2, 0.25) is 5.91 Å². The first-order valence-corrected chi connectivity index (χ1v) is 12.1. The fourth-order valence-corrected chi connectivity index (χ4v) is 5.87. The molecule has 3 unspecified atom stereocenters. The summed E-state index contributed by atoms with van der Waals surface area (Å²) in [4.78, 5) is 13.3. The van der Waals surface area contributed by atoms with Gasteiger partial charge in [0.15, 0.2) is 5.15 Å². The lowest BCUT2D eigenvalue weighted by molar-refractivity contribution is -0.137. The number of alkyl halides is 3. The normalized spacial score (nSPS) is 19.2. The van der Waals surface area contributed by atoms with Gasteiger partial charge in [0.05, 0.1) is 33.2 Å². The first-order chi connectivity index (χ1) is 16.1. The van der Waals surface area contributed by atoms with Crippen molar-refractivity contribution in [1.82, 2.24) is 15.1 Å². The maximum absolute atomic E-state index is 13.2. The summed E-state index contributed by atoms with van der Waals surface area (Å²) >= 11 is 6.17. The first kappa shape index (κ1) is 24.4. The Hall–Kier alpha value is -2.72. The molecule has 1 aliphatic rings. The van der Waals surface area contributed by atoms with Gasteiger partial charge >= 0.3 is 6.18 Å². The fraction of sp³-hybridized carbons (Fsp3) is 0.304. The molecular weight excluding hydrogens is 494 g/mol. The van der Waals surface area contributed by atoms with Crippen LogP contribution in [0.2, 0.25) is 5.15 Å². The molecule has 0 spiro atoms. The van der Waals surface area contributed by atoms with Crippen LogP contribution in [0.5, 0.6) is 0 Å². The van der Waals surface area contributed by atoms with Crippen LogP contribution in [0.3, 0.4) is 0 Å². The lowest BCUT2D eigenvalue weighted by Crippen LogP contribution is -2.36. The van der Waals surface area contributed by atoms with Gasteiger partial charge in [-0.1, -0.05) is 18.0 Å². The molecule has 2 aromatic carbocycles. The minimum absolute atomic E-state index is 0.0602. The summed E-state index contributed by atoms with van der Waals surface area (Å²) < 4.78 is 65.8. The molecule has 0 radical (unpaired) electrons. The van der Waals surface area contributed by atoms with E-state index >= 15 is 0 Å². The maximum atomic E-state index is 13.2. The maximum Gasteiger partial charge on any atom is 0.416 e. The third-order valence-electron chi connectivity index (χ3n) is 5.76. The monoisotopic (exact) mass is 513 g/mol. The van der Waals surface area contributed by atoms with Crippen LogP contribution in [-0.4, -0.2) is 25.1 Å². The van der Waals surface area contributed by atoms with Crippen LogP contribution < -0.4 is 5.32 Å². The largest absolute Gasteiger partial charge is 0.416 e. The number of carbonyl (C=O) groups is 1. The number of rotatable bonds is 6. The van der Waals surface area contributed by atoms with Crippen molar-refractivity contribution in [2.75, 3.05) is 0 Å². The fourth-order valence-electron chi connectivity index (χ4n) is 3.98. The van der Waals surface area contributed by atoms with Gasteiger partial charge in [0, 0.05) is 23.2 Å². The Bertz CT molecular complexity index is 1200. The third kappa shape index (κ3) is 5.33. The molecule has 4 rings (SSSR count). The quantitative estimate of drug-likeness (QED) is 0.456. The molecule has 1 saturated carbocycles. The van der Waals surface area contributed by atoms with Crippen molar-refractivity contribution in [2.24, 2.45) is 5.92 Å². The second-order valence-corrected chi connectivity index (χ2v) is 10.0. The number of amides is 1. The standard InChI is InChI=1S/C23H20ClF4N3O2S/c24-21-14(13-31(30-21)17-8-4-15(5-9-17)23(26,27)28)12-29-22(32)19-2-1-3-20(19)34(33)18-10-6-16(25)7-11-18/h4-11,13,19-20H,1-3,12H2,(H,29,32). The molecule has 1 aliphatic carbocycles. The first-order valence-electron chi connectivity index (χ1n) is 10.5. The highest BCUT2D eigenvalue weighted by molar-refractivity contribution is 7.85. The molecule has 1 aromatic heterocycles. The molecule has 34 heavy (non-hydrogen) atoms. The second kappa shape index (κ2) is 9.87. The van der Waals surface area contributed by atoms with Gasteiger partial charge in [-0.25, -0.2) is 9.07 Å². The lowest BCUT2D eigenvalue weighted by Gasteiger charge is -2.18. The number of benzene rings is 2. The molecular formula is C23H20ClF4N3O2S. The lowest BCUT2D eigenvalue weighted by atomic mass is 10.1. The highest BCUT2D eigenvalue weighted by Gasteiger charge is 2.37. The summed E-state index contributed by atoms with van der Waals surface area (Å²) in [6.45, 7) is 0.0602. The Labute approximate surface area is 200 Å². The van der Waals surface area contributed by atoms with E-state index in [0.29, 0.717) is 29.0 Å². The Morgan fingerprint density at radius 1 is 1.12 bits per heavy atom. The Balaban J connectivity index is 1.41. The summed E-state index contributed by atoms with van der Waals surface area (Å²) in [6.07, 6.45) is -0.943. The van der Waals surface area contributed by atoms with Gasteiger partial charge in [-0.15, -0.1) is 0 Å². The highest BCUT2D eigenvalue weighted by Crippen LogP contribution is 2.33. The van der Waals surface area contributed by atoms with Crippen LogP contribution in [0.1, 0.15) is 30.4 Å². The molecule has 0 bridgehead atoms. The van der Waals surface area contributed by atoms with Gasteiger partial charge in [-0.2, -0.15) is 18.3 Å². The molecule has 1 heterocycles. The van der Waals surface area contributed by atoms with E-state index < -0.39 is 34.3 Å². The zero-order chi connectivity index (χ0) is 24.5. The van der Waals surface area contributed by atoms with Crippen molar-refractivity contribution in [3.63, 3.8) is 0 Å². The van der Waals surface area contributed by atoms with Crippen LogP contribution >= 0.6 is 11.6 Å². The molecule has 0 aliphatic heterocycles. The molecule has 11 heteroatoms. The molecule has 5 nitrogen and oxygen atoms in total. The number of halogens is 5. The molecule has 180 valence electrons. The minimum atomic E-state index is -4.44. The summed E-state index contributed by atoms with van der Waals surface area (Å²) in [7, 11) is -1.45. The van der Waals surface area contributed by atoms with Gasteiger partial charge in [-0.3, -0.25) is 9.00 Å². The van der Waals surface area contributed by atoms with Crippen LogP contribution in [0.4, 0.5) is 17.6 Å². The topological polar surface area (TPSA) is 64.0 Å². The third-order valence-corrected chi connectivity index (χ3v) is 7.93. The van der Waals surface area contributed by atoms with Gasteiger partial charge in [0.25, 0.3) is 0 Å². The Morgan fingerprint density at radius 2 is 1.79 bits per heavy atom. The molecule has 1 N–H and O–H groups in total. The summed E-state index contributed by atoms with van der Waals surface area (Å²) in [5.74, 6) is -1.15. The zero-order valence-corrected chi connectivity index (χ0v) is 19.3. The van der Waals surface area contributed by atoms with Crippen molar-refractivity contribution in [1.29, 1.82) is 0 Å². The van der Waals surface area contributed by atoms with E-state index in [-0.39, 0.29) is 22.9 Å². The van der Waals surface area contributed by atoms with Crippen LogP contribution in [0, 0.1) is 11.7 Å². The van der Waals surface area contributed by atoms with E-state index in [1.54, 1.807) is 0 Å². The molecule has 1 amide bonds. The van der Waals surface area contributed by atoms with Crippen LogP contribution in [-0.2, 0) is 28.3 Å². The zero-order valence-electron chi connectivity index (χ0n) is 17.7. The molecule has 1 fully saturated rings. The number of nitrogens with one attached hydrogen (secondary N) is 1. The molecule has 3 atom stereocenters. The number of hydrogen-bond acceptors (Lipinski definition) is 3. The van der Waals surface area contributed by atoms with Crippen molar-refractivity contribution < 1.29 is 26.6 Å². The van der Waals surface area contributed by atoms with Crippen molar-refractivity contribution >= 4 is 28.3 Å². The van der Waals surface area contributed by atoms with E-state index in [2.05, 4.69) is 10.4 Å².